The van der Waals surface area contributed by atoms with E-state index in [0.717, 1.165) is 32.0 Å². The fraction of sp³-hybridized carbons (Fsp3) is 0.500. The van der Waals surface area contributed by atoms with Crippen LogP contribution in [0.2, 0.25) is 0 Å². The Hall–Kier alpha value is -1.49. The summed E-state index contributed by atoms with van der Waals surface area (Å²) in [6.07, 6.45) is 2.59. The largest absolute Gasteiger partial charge is 0.343 e. The Labute approximate surface area is 111 Å². The molecule has 0 unspecified atom stereocenters. The Morgan fingerprint density at radius 2 is 2.00 bits per heavy atom. The first-order valence-corrected chi connectivity index (χ1v) is 6.59. The Balaban J connectivity index is 1.70. The van der Waals surface area contributed by atoms with E-state index >= 15 is 0 Å². The summed E-state index contributed by atoms with van der Waals surface area (Å²) in [5, 5.41) is 3.01. The summed E-state index contributed by atoms with van der Waals surface area (Å²) in [5.74, 6) is -0.992. The molecular weight excluding hydrogens is 250 g/mol. The van der Waals surface area contributed by atoms with Gasteiger partial charge in [-0.3, -0.25) is 4.79 Å². The molecule has 19 heavy (non-hydrogen) atoms. The van der Waals surface area contributed by atoms with E-state index in [1.165, 1.54) is 12.1 Å². The van der Waals surface area contributed by atoms with Crippen LogP contribution in [0.3, 0.4) is 0 Å². The molecule has 1 aromatic rings. The van der Waals surface area contributed by atoms with Gasteiger partial charge in [-0.1, -0.05) is 6.07 Å². The first kappa shape index (κ1) is 13.9. The van der Waals surface area contributed by atoms with Crippen molar-refractivity contribution in [3.63, 3.8) is 0 Å². The van der Waals surface area contributed by atoms with Crippen molar-refractivity contribution in [2.45, 2.75) is 25.8 Å². The van der Waals surface area contributed by atoms with E-state index in [4.69, 9.17) is 0 Å². The maximum absolute atomic E-state index is 13.3. The van der Waals surface area contributed by atoms with Crippen LogP contribution < -0.4 is 5.32 Å². The maximum Gasteiger partial charge on any atom is 0.223 e. The van der Waals surface area contributed by atoms with Crippen molar-refractivity contribution in [1.82, 2.24) is 10.2 Å². The van der Waals surface area contributed by atoms with Crippen LogP contribution in [-0.4, -0.2) is 30.4 Å². The fourth-order valence-electron chi connectivity index (χ4n) is 2.21. The zero-order chi connectivity index (χ0) is 13.7. The van der Waals surface area contributed by atoms with Crippen molar-refractivity contribution < 1.29 is 13.6 Å². The van der Waals surface area contributed by atoms with Crippen LogP contribution in [0.1, 0.15) is 24.8 Å². The SMILES string of the molecule is O=C(CCNCc1ccc(F)cc1F)N1CCCC1. The molecule has 0 spiro atoms. The smallest absolute Gasteiger partial charge is 0.223 e. The molecule has 1 saturated heterocycles. The number of nitrogens with zero attached hydrogens (tertiary/aromatic N) is 1. The van der Waals surface area contributed by atoms with E-state index in [-0.39, 0.29) is 5.91 Å². The summed E-state index contributed by atoms with van der Waals surface area (Å²) in [6, 6.07) is 3.52. The van der Waals surface area contributed by atoms with Gasteiger partial charge < -0.3 is 10.2 Å². The molecule has 1 aliphatic rings. The lowest BCUT2D eigenvalue weighted by molar-refractivity contribution is -0.130. The molecule has 2 rings (SSSR count). The molecular formula is C14H18F2N2O. The molecule has 1 amide bonds. The molecule has 1 aliphatic heterocycles. The summed E-state index contributed by atoms with van der Waals surface area (Å²) < 4.78 is 26.0. The van der Waals surface area contributed by atoms with Crippen molar-refractivity contribution in [3.8, 4) is 0 Å². The van der Waals surface area contributed by atoms with Crippen LogP contribution in [0.4, 0.5) is 8.78 Å². The molecule has 1 fully saturated rings. The van der Waals surface area contributed by atoms with Crippen molar-refractivity contribution in [2.24, 2.45) is 0 Å². The lowest BCUT2D eigenvalue weighted by Gasteiger charge is -2.15. The molecule has 0 radical (unpaired) electrons. The van der Waals surface area contributed by atoms with E-state index in [1.54, 1.807) is 0 Å². The van der Waals surface area contributed by atoms with Gasteiger partial charge >= 0.3 is 0 Å². The van der Waals surface area contributed by atoms with Gasteiger partial charge in [-0.25, -0.2) is 8.78 Å². The van der Waals surface area contributed by atoms with Gasteiger partial charge in [0.1, 0.15) is 11.6 Å². The van der Waals surface area contributed by atoms with Crippen LogP contribution in [-0.2, 0) is 11.3 Å². The third kappa shape index (κ3) is 3.99. The summed E-state index contributed by atoms with van der Waals surface area (Å²) in [6.45, 7) is 2.52. The number of likely N-dealkylation sites (tertiary alicyclic amines) is 1. The maximum atomic E-state index is 13.3. The predicted molar refractivity (Wildman–Crippen MR) is 68.5 cm³/mol. The van der Waals surface area contributed by atoms with Gasteiger partial charge in [0, 0.05) is 44.2 Å². The van der Waals surface area contributed by atoms with Gasteiger partial charge in [-0.05, 0) is 18.9 Å². The molecule has 1 N–H and O–H groups in total. The number of nitrogens with one attached hydrogen (secondary N) is 1. The van der Waals surface area contributed by atoms with E-state index < -0.39 is 11.6 Å². The first-order valence-electron chi connectivity index (χ1n) is 6.59. The van der Waals surface area contributed by atoms with Gasteiger partial charge in [0.15, 0.2) is 0 Å². The second-order valence-electron chi connectivity index (χ2n) is 4.75. The molecule has 5 heteroatoms. The van der Waals surface area contributed by atoms with Crippen LogP contribution in [0.5, 0.6) is 0 Å². The zero-order valence-corrected chi connectivity index (χ0v) is 10.8. The third-order valence-corrected chi connectivity index (χ3v) is 3.30. The normalized spacial score (nSPS) is 14.9. The summed E-state index contributed by atoms with van der Waals surface area (Å²) in [7, 11) is 0. The highest BCUT2D eigenvalue weighted by atomic mass is 19.1. The minimum absolute atomic E-state index is 0.143. The number of benzene rings is 1. The van der Waals surface area contributed by atoms with Crippen LogP contribution in [0, 0.1) is 11.6 Å². The number of rotatable bonds is 5. The Bertz CT molecular complexity index is 445. The fourth-order valence-corrected chi connectivity index (χ4v) is 2.21. The van der Waals surface area contributed by atoms with E-state index in [1.807, 2.05) is 4.90 Å². The van der Waals surface area contributed by atoms with E-state index in [0.29, 0.717) is 25.1 Å². The van der Waals surface area contributed by atoms with Gasteiger partial charge in [-0.2, -0.15) is 0 Å². The van der Waals surface area contributed by atoms with E-state index in [9.17, 15) is 13.6 Å². The Morgan fingerprint density at radius 1 is 1.26 bits per heavy atom. The highest BCUT2D eigenvalue weighted by molar-refractivity contribution is 5.76. The van der Waals surface area contributed by atoms with Gasteiger partial charge in [0.2, 0.25) is 5.91 Å². The van der Waals surface area contributed by atoms with Gasteiger partial charge in [-0.15, -0.1) is 0 Å². The predicted octanol–water partition coefficient (Wildman–Crippen LogP) is 2.07. The first-order chi connectivity index (χ1) is 9.16. The highest BCUT2D eigenvalue weighted by Gasteiger charge is 2.16. The third-order valence-electron chi connectivity index (χ3n) is 3.30. The molecule has 0 aromatic heterocycles. The molecule has 0 aliphatic carbocycles. The number of carbonyl (C=O) groups excluding carboxylic acids is 1. The van der Waals surface area contributed by atoms with Crippen molar-refractivity contribution in [2.75, 3.05) is 19.6 Å². The number of hydrogen-bond donors (Lipinski definition) is 1. The van der Waals surface area contributed by atoms with Crippen LogP contribution in [0.25, 0.3) is 0 Å². The average molecular weight is 268 g/mol. The monoisotopic (exact) mass is 268 g/mol. The molecule has 1 aromatic carbocycles. The topological polar surface area (TPSA) is 32.3 Å². The molecule has 3 nitrogen and oxygen atoms in total. The zero-order valence-electron chi connectivity index (χ0n) is 10.8. The minimum atomic E-state index is -0.578. The van der Waals surface area contributed by atoms with E-state index in [2.05, 4.69) is 5.32 Å². The molecule has 0 bridgehead atoms. The number of hydrogen-bond acceptors (Lipinski definition) is 2. The lowest BCUT2D eigenvalue weighted by Crippen LogP contribution is -2.30. The highest BCUT2D eigenvalue weighted by Crippen LogP contribution is 2.10. The van der Waals surface area contributed by atoms with Crippen LogP contribution in [0.15, 0.2) is 18.2 Å². The number of carbonyl (C=O) groups is 1. The molecule has 0 saturated carbocycles. The Kier molecular flexibility index (Phi) is 4.85. The molecule has 104 valence electrons. The minimum Gasteiger partial charge on any atom is -0.343 e. The van der Waals surface area contributed by atoms with Gasteiger partial charge in [0.05, 0.1) is 0 Å². The number of amides is 1. The van der Waals surface area contributed by atoms with Gasteiger partial charge in [0.25, 0.3) is 0 Å². The second-order valence-corrected chi connectivity index (χ2v) is 4.75. The molecule has 0 atom stereocenters. The van der Waals surface area contributed by atoms with Crippen molar-refractivity contribution in [1.29, 1.82) is 0 Å². The quantitative estimate of drug-likeness (QED) is 0.829. The van der Waals surface area contributed by atoms with Crippen molar-refractivity contribution in [3.05, 3.63) is 35.4 Å². The standard InChI is InChI=1S/C14H18F2N2O/c15-12-4-3-11(13(16)9-12)10-17-6-5-14(19)18-7-1-2-8-18/h3-4,9,17H,1-2,5-8,10H2. The number of halogens is 2. The summed E-state index contributed by atoms with van der Waals surface area (Å²) in [4.78, 5) is 13.6. The average Bonchev–Trinajstić information content (AvgIpc) is 2.90. The summed E-state index contributed by atoms with van der Waals surface area (Å²) in [5.41, 5.74) is 0.412. The van der Waals surface area contributed by atoms with Crippen LogP contribution >= 0.6 is 0 Å². The summed E-state index contributed by atoms with van der Waals surface area (Å²) >= 11 is 0. The molecule has 1 heterocycles. The second kappa shape index (κ2) is 6.61. The lowest BCUT2D eigenvalue weighted by atomic mass is 10.2. The van der Waals surface area contributed by atoms with Crippen molar-refractivity contribution >= 4 is 5.91 Å². The Morgan fingerprint density at radius 3 is 2.68 bits per heavy atom.